The van der Waals surface area contributed by atoms with Crippen molar-refractivity contribution in [1.82, 2.24) is 5.43 Å². The molecule has 80 valence electrons. The minimum atomic E-state index is -0.254. The first-order chi connectivity index (χ1) is 7.15. The highest BCUT2D eigenvalue weighted by Gasteiger charge is 2.40. The Morgan fingerprint density at radius 2 is 2.07 bits per heavy atom. The monoisotopic (exact) mass is 204 g/mol. The summed E-state index contributed by atoms with van der Waals surface area (Å²) in [7, 11) is 0. The molecule has 1 aromatic rings. The van der Waals surface area contributed by atoms with Gasteiger partial charge < -0.3 is 0 Å². The van der Waals surface area contributed by atoms with E-state index >= 15 is 0 Å². The second-order valence-corrected chi connectivity index (χ2v) is 4.28. The molecule has 15 heavy (non-hydrogen) atoms. The fraction of sp³-hybridized carbons (Fsp3) is 0.417. The summed E-state index contributed by atoms with van der Waals surface area (Å²) < 4.78 is 0. The second-order valence-electron chi connectivity index (χ2n) is 4.28. The number of nitrogens with zero attached hydrogens (tertiary/aromatic N) is 1. The number of benzene rings is 1. The molecule has 0 saturated carbocycles. The fourth-order valence-electron chi connectivity index (χ4n) is 1.75. The van der Waals surface area contributed by atoms with Crippen molar-refractivity contribution in [3.05, 3.63) is 30.3 Å². The summed E-state index contributed by atoms with van der Waals surface area (Å²) in [4.78, 5) is 11.8. The largest absolute Gasteiger partial charge is 0.284 e. The van der Waals surface area contributed by atoms with E-state index in [1.807, 2.05) is 49.2 Å². The van der Waals surface area contributed by atoms with Crippen LogP contribution < -0.4 is 10.4 Å². The maximum atomic E-state index is 11.8. The number of para-hydroxylation sites is 1. The van der Waals surface area contributed by atoms with Gasteiger partial charge in [-0.25, -0.2) is 0 Å². The summed E-state index contributed by atoms with van der Waals surface area (Å²) in [5.41, 5.74) is 3.70. The molecule has 1 fully saturated rings. The van der Waals surface area contributed by atoms with Crippen molar-refractivity contribution in [3.63, 3.8) is 0 Å². The van der Waals surface area contributed by atoms with Gasteiger partial charge >= 0.3 is 0 Å². The smallest absolute Gasteiger partial charge is 0.246 e. The number of hydrazine groups is 1. The number of anilines is 1. The molecule has 1 aliphatic heterocycles. The van der Waals surface area contributed by atoms with Crippen LogP contribution in [0.25, 0.3) is 0 Å². The Morgan fingerprint density at radius 3 is 2.60 bits per heavy atom. The average molecular weight is 204 g/mol. The lowest BCUT2D eigenvalue weighted by Crippen LogP contribution is -2.33. The van der Waals surface area contributed by atoms with E-state index in [1.165, 1.54) is 0 Å². The Kier molecular flexibility index (Phi) is 2.39. The van der Waals surface area contributed by atoms with E-state index in [1.54, 1.807) is 0 Å². The molecule has 0 radical (unpaired) electrons. The standard InChI is InChI=1S/C12H16N2O/c1-3-12(2)9-14(13-11(12)15)10-7-5-4-6-8-10/h4-8H,3,9H2,1-2H3,(H,13,15). The van der Waals surface area contributed by atoms with Gasteiger partial charge in [0.15, 0.2) is 0 Å². The molecule has 0 spiro atoms. The van der Waals surface area contributed by atoms with Crippen LogP contribution in [-0.2, 0) is 4.79 Å². The molecule has 0 aromatic heterocycles. The molecule has 1 saturated heterocycles. The third-order valence-corrected chi connectivity index (χ3v) is 3.14. The van der Waals surface area contributed by atoms with Gasteiger partial charge in [0.1, 0.15) is 0 Å². The second kappa shape index (κ2) is 3.57. The van der Waals surface area contributed by atoms with Crippen molar-refractivity contribution in [2.45, 2.75) is 20.3 Å². The predicted octanol–water partition coefficient (Wildman–Crippen LogP) is 1.95. The lowest BCUT2D eigenvalue weighted by molar-refractivity contribution is -0.126. The maximum Gasteiger partial charge on any atom is 0.246 e. The van der Waals surface area contributed by atoms with Gasteiger partial charge in [-0.05, 0) is 25.5 Å². The van der Waals surface area contributed by atoms with Crippen LogP contribution in [0.4, 0.5) is 5.69 Å². The van der Waals surface area contributed by atoms with Crippen LogP contribution in [0, 0.1) is 5.41 Å². The van der Waals surface area contributed by atoms with Crippen LogP contribution in [0.2, 0.25) is 0 Å². The van der Waals surface area contributed by atoms with Gasteiger partial charge in [-0.1, -0.05) is 25.1 Å². The van der Waals surface area contributed by atoms with Crippen molar-refractivity contribution in [2.75, 3.05) is 11.6 Å². The summed E-state index contributed by atoms with van der Waals surface area (Å²) in [5.74, 6) is 0.119. The molecule has 0 bridgehead atoms. The van der Waals surface area contributed by atoms with Crippen molar-refractivity contribution < 1.29 is 4.79 Å². The van der Waals surface area contributed by atoms with Gasteiger partial charge in [0.2, 0.25) is 5.91 Å². The topological polar surface area (TPSA) is 32.3 Å². The number of amides is 1. The van der Waals surface area contributed by atoms with E-state index in [4.69, 9.17) is 0 Å². The summed E-state index contributed by atoms with van der Waals surface area (Å²) >= 11 is 0. The van der Waals surface area contributed by atoms with Gasteiger partial charge in [-0.15, -0.1) is 0 Å². The summed E-state index contributed by atoms with van der Waals surface area (Å²) in [5, 5.41) is 1.92. The highest BCUT2D eigenvalue weighted by atomic mass is 16.2. The number of carbonyl (C=O) groups is 1. The molecule has 1 aromatic carbocycles. The summed E-state index contributed by atoms with van der Waals surface area (Å²) in [6.45, 7) is 4.80. The first-order valence-corrected chi connectivity index (χ1v) is 5.29. The third kappa shape index (κ3) is 1.69. The molecular formula is C12H16N2O. The van der Waals surface area contributed by atoms with E-state index in [9.17, 15) is 4.79 Å². The highest BCUT2D eigenvalue weighted by Crippen LogP contribution is 2.29. The Bertz CT molecular complexity index is 363. The Morgan fingerprint density at radius 1 is 1.40 bits per heavy atom. The molecule has 1 aliphatic rings. The van der Waals surface area contributed by atoms with E-state index in [-0.39, 0.29) is 11.3 Å². The molecule has 1 unspecified atom stereocenters. The Hall–Kier alpha value is -1.51. The van der Waals surface area contributed by atoms with Gasteiger partial charge in [-0.3, -0.25) is 15.2 Å². The minimum Gasteiger partial charge on any atom is -0.284 e. The van der Waals surface area contributed by atoms with Crippen molar-refractivity contribution >= 4 is 11.6 Å². The normalized spacial score (nSPS) is 25.5. The molecule has 3 nitrogen and oxygen atoms in total. The zero-order valence-electron chi connectivity index (χ0n) is 9.16. The van der Waals surface area contributed by atoms with Gasteiger partial charge in [-0.2, -0.15) is 0 Å². The lowest BCUT2D eigenvalue weighted by atomic mass is 9.88. The first-order valence-electron chi connectivity index (χ1n) is 5.29. The Balaban J connectivity index is 2.20. The van der Waals surface area contributed by atoms with E-state index in [0.717, 1.165) is 18.7 Å². The van der Waals surface area contributed by atoms with Gasteiger partial charge in [0.05, 0.1) is 17.6 Å². The zero-order valence-corrected chi connectivity index (χ0v) is 9.16. The maximum absolute atomic E-state index is 11.8. The molecule has 2 rings (SSSR count). The van der Waals surface area contributed by atoms with Crippen LogP contribution in [-0.4, -0.2) is 12.5 Å². The number of rotatable bonds is 2. The lowest BCUT2D eigenvalue weighted by Gasteiger charge is -2.19. The Labute approximate surface area is 90.1 Å². The minimum absolute atomic E-state index is 0.119. The van der Waals surface area contributed by atoms with E-state index in [0.29, 0.717) is 0 Å². The van der Waals surface area contributed by atoms with Crippen molar-refractivity contribution in [1.29, 1.82) is 0 Å². The highest BCUT2D eigenvalue weighted by molar-refractivity contribution is 5.87. The number of carbonyl (C=O) groups excluding carboxylic acids is 1. The summed E-state index contributed by atoms with van der Waals surface area (Å²) in [6.07, 6.45) is 0.863. The SMILES string of the molecule is CCC1(C)CN(c2ccccc2)NC1=O. The molecular weight excluding hydrogens is 188 g/mol. The number of nitrogens with one attached hydrogen (secondary N) is 1. The van der Waals surface area contributed by atoms with Crippen LogP contribution in [0.1, 0.15) is 20.3 Å². The molecule has 3 heteroatoms. The molecule has 1 amide bonds. The quantitative estimate of drug-likeness (QED) is 0.798. The van der Waals surface area contributed by atoms with Crippen LogP contribution in [0.5, 0.6) is 0 Å². The average Bonchev–Trinajstić information content (AvgIpc) is 2.58. The molecule has 0 aliphatic carbocycles. The number of hydrogen-bond acceptors (Lipinski definition) is 2. The zero-order chi connectivity index (χ0) is 10.9. The predicted molar refractivity (Wildman–Crippen MR) is 60.3 cm³/mol. The van der Waals surface area contributed by atoms with Crippen LogP contribution >= 0.6 is 0 Å². The molecule has 1 N–H and O–H groups in total. The van der Waals surface area contributed by atoms with Gasteiger partial charge in [0, 0.05) is 0 Å². The third-order valence-electron chi connectivity index (χ3n) is 3.14. The van der Waals surface area contributed by atoms with Crippen LogP contribution in [0.15, 0.2) is 30.3 Å². The molecule has 1 heterocycles. The van der Waals surface area contributed by atoms with E-state index < -0.39 is 0 Å². The van der Waals surface area contributed by atoms with Crippen LogP contribution in [0.3, 0.4) is 0 Å². The van der Waals surface area contributed by atoms with Gasteiger partial charge in [0.25, 0.3) is 0 Å². The summed E-state index contributed by atoms with van der Waals surface area (Å²) in [6, 6.07) is 9.93. The molecule has 1 atom stereocenters. The van der Waals surface area contributed by atoms with Crippen molar-refractivity contribution in [2.24, 2.45) is 5.41 Å². The first kappa shape index (κ1) is 10.0. The fourth-order valence-corrected chi connectivity index (χ4v) is 1.75. The van der Waals surface area contributed by atoms with E-state index in [2.05, 4.69) is 5.43 Å². The van der Waals surface area contributed by atoms with Crippen molar-refractivity contribution in [3.8, 4) is 0 Å². The number of hydrogen-bond donors (Lipinski definition) is 1.